The molecule has 1 aliphatic rings. The van der Waals surface area contributed by atoms with Gasteiger partial charge in [0, 0.05) is 17.4 Å². The number of hydrogen-bond acceptors (Lipinski definition) is 5. The van der Waals surface area contributed by atoms with Gasteiger partial charge in [-0.25, -0.2) is 0 Å². The lowest BCUT2D eigenvalue weighted by molar-refractivity contribution is -0.137. The molecule has 1 aliphatic heterocycles. The van der Waals surface area contributed by atoms with Gasteiger partial charge in [0.1, 0.15) is 0 Å². The fraction of sp³-hybridized carbons (Fsp3) is 0.267. The van der Waals surface area contributed by atoms with E-state index >= 15 is 0 Å². The molecule has 7 heteroatoms. The Balaban J connectivity index is 2.32. The van der Waals surface area contributed by atoms with Crippen LogP contribution in [-0.4, -0.2) is 24.7 Å². The van der Waals surface area contributed by atoms with Crippen molar-refractivity contribution in [2.75, 3.05) is 12.9 Å². The average Bonchev–Trinajstić information content (AvgIpc) is 2.52. The van der Waals surface area contributed by atoms with Gasteiger partial charge in [0.15, 0.2) is 0 Å². The van der Waals surface area contributed by atoms with Crippen LogP contribution in [0.15, 0.2) is 34.9 Å². The number of rotatable bonds is 4. The van der Waals surface area contributed by atoms with Gasteiger partial charge in [-0.2, -0.15) is 5.26 Å². The van der Waals surface area contributed by atoms with E-state index in [9.17, 15) is 14.9 Å². The molecule has 0 aliphatic carbocycles. The second-order valence-electron chi connectivity index (χ2n) is 4.58. The second kappa shape index (κ2) is 7.34. The van der Waals surface area contributed by atoms with Gasteiger partial charge < -0.3 is 10.1 Å². The van der Waals surface area contributed by atoms with Crippen LogP contribution in [0.3, 0.4) is 0 Å². The SMILES string of the molecule is COC(=O)CSC1=C(C#N)[C@@H](c2ccc(Cl)cc2)CC(=O)N1. The molecule has 1 N–H and O–H groups in total. The van der Waals surface area contributed by atoms with Crippen molar-refractivity contribution < 1.29 is 14.3 Å². The van der Waals surface area contributed by atoms with Crippen LogP contribution in [0.2, 0.25) is 5.02 Å². The predicted octanol–water partition coefficient (Wildman–Crippen LogP) is 2.58. The highest BCUT2D eigenvalue weighted by atomic mass is 35.5. The third kappa shape index (κ3) is 3.81. The number of methoxy groups -OCH3 is 1. The predicted molar refractivity (Wildman–Crippen MR) is 84.1 cm³/mol. The van der Waals surface area contributed by atoms with E-state index in [1.165, 1.54) is 7.11 Å². The molecule has 0 unspecified atom stereocenters. The van der Waals surface area contributed by atoms with Gasteiger partial charge in [-0.15, -0.1) is 0 Å². The van der Waals surface area contributed by atoms with E-state index in [0.29, 0.717) is 15.6 Å². The van der Waals surface area contributed by atoms with Crippen molar-refractivity contribution in [2.24, 2.45) is 0 Å². The first-order chi connectivity index (χ1) is 10.5. The number of benzene rings is 1. The molecule has 0 spiro atoms. The largest absolute Gasteiger partial charge is 0.468 e. The van der Waals surface area contributed by atoms with Gasteiger partial charge in [0.05, 0.1) is 29.5 Å². The van der Waals surface area contributed by atoms with Gasteiger partial charge in [-0.1, -0.05) is 35.5 Å². The summed E-state index contributed by atoms with van der Waals surface area (Å²) in [5.74, 6) is -0.912. The van der Waals surface area contributed by atoms with E-state index in [1.807, 2.05) is 0 Å². The van der Waals surface area contributed by atoms with Crippen molar-refractivity contribution >= 4 is 35.2 Å². The number of esters is 1. The summed E-state index contributed by atoms with van der Waals surface area (Å²) in [6.45, 7) is 0. The summed E-state index contributed by atoms with van der Waals surface area (Å²) >= 11 is 6.96. The molecular weight excluding hydrogens is 324 g/mol. The summed E-state index contributed by atoms with van der Waals surface area (Å²) in [4.78, 5) is 23.1. The number of nitrogens with zero attached hydrogens (tertiary/aromatic N) is 1. The van der Waals surface area contributed by atoms with Crippen molar-refractivity contribution in [3.63, 3.8) is 0 Å². The van der Waals surface area contributed by atoms with Gasteiger partial charge in [0.25, 0.3) is 0 Å². The third-order valence-corrected chi connectivity index (χ3v) is 4.43. The third-order valence-electron chi connectivity index (χ3n) is 3.19. The quantitative estimate of drug-likeness (QED) is 0.855. The number of hydrogen-bond donors (Lipinski definition) is 1. The molecule has 1 heterocycles. The lowest BCUT2D eigenvalue weighted by atomic mass is 9.87. The molecule has 0 fully saturated rings. The maximum atomic E-state index is 11.9. The van der Waals surface area contributed by atoms with Crippen molar-refractivity contribution in [1.82, 2.24) is 5.32 Å². The normalized spacial score (nSPS) is 17.7. The number of nitriles is 1. The van der Waals surface area contributed by atoms with Crippen LogP contribution in [0, 0.1) is 11.3 Å². The van der Waals surface area contributed by atoms with E-state index in [-0.39, 0.29) is 24.0 Å². The maximum Gasteiger partial charge on any atom is 0.316 e. The minimum Gasteiger partial charge on any atom is -0.468 e. The van der Waals surface area contributed by atoms with E-state index in [1.54, 1.807) is 24.3 Å². The number of carbonyl (C=O) groups excluding carboxylic acids is 2. The average molecular weight is 337 g/mol. The molecule has 1 aromatic carbocycles. The minimum absolute atomic E-state index is 0.0324. The molecule has 5 nitrogen and oxygen atoms in total. The number of allylic oxidation sites excluding steroid dienone is 1. The number of nitrogens with one attached hydrogen (secondary N) is 1. The zero-order valence-electron chi connectivity index (χ0n) is 11.8. The Labute approximate surface area is 137 Å². The Kier molecular flexibility index (Phi) is 5.47. The standard InChI is InChI=1S/C15H13ClN2O3S/c1-21-14(20)8-22-15-12(7-17)11(6-13(19)18-15)9-2-4-10(16)5-3-9/h2-5,11H,6,8H2,1H3,(H,18,19)/t11-/m1/s1. The van der Waals surface area contributed by atoms with Crippen LogP contribution >= 0.6 is 23.4 Å². The molecule has 0 bridgehead atoms. The molecule has 0 aromatic heterocycles. The fourth-order valence-electron chi connectivity index (χ4n) is 2.10. The van der Waals surface area contributed by atoms with E-state index in [0.717, 1.165) is 17.3 Å². The lowest BCUT2D eigenvalue weighted by Crippen LogP contribution is -2.31. The molecule has 0 saturated heterocycles. The first-order valence-electron chi connectivity index (χ1n) is 6.44. The summed E-state index contributed by atoms with van der Waals surface area (Å²) < 4.78 is 4.57. The molecule has 0 saturated carbocycles. The van der Waals surface area contributed by atoms with E-state index in [4.69, 9.17) is 11.6 Å². The van der Waals surface area contributed by atoms with E-state index in [2.05, 4.69) is 16.1 Å². The van der Waals surface area contributed by atoms with Crippen molar-refractivity contribution in [3.8, 4) is 6.07 Å². The molecule has 1 atom stereocenters. The highest BCUT2D eigenvalue weighted by molar-refractivity contribution is 8.03. The summed E-state index contributed by atoms with van der Waals surface area (Å²) in [6, 6.07) is 9.18. The van der Waals surface area contributed by atoms with Gasteiger partial charge >= 0.3 is 5.97 Å². The summed E-state index contributed by atoms with van der Waals surface area (Å²) in [7, 11) is 1.29. The number of amides is 1. The molecular formula is C15H13ClN2O3S. The van der Waals surface area contributed by atoms with Crippen molar-refractivity contribution in [1.29, 1.82) is 5.26 Å². The zero-order chi connectivity index (χ0) is 16.1. The Hall–Kier alpha value is -1.97. The summed E-state index contributed by atoms with van der Waals surface area (Å²) in [6.07, 6.45) is 0.187. The van der Waals surface area contributed by atoms with Gasteiger partial charge in [0.2, 0.25) is 5.91 Å². The number of thioether (sulfide) groups is 1. The first kappa shape index (κ1) is 16.4. The summed E-state index contributed by atoms with van der Waals surface area (Å²) in [5, 5.41) is 13.1. The molecule has 2 rings (SSSR count). The minimum atomic E-state index is -0.419. The number of halogens is 1. The molecule has 22 heavy (non-hydrogen) atoms. The molecule has 1 aromatic rings. The highest BCUT2D eigenvalue weighted by Crippen LogP contribution is 2.36. The number of carbonyl (C=O) groups is 2. The molecule has 0 radical (unpaired) electrons. The molecule has 1 amide bonds. The van der Waals surface area contributed by atoms with Crippen LogP contribution in [-0.2, 0) is 14.3 Å². The molecule has 114 valence electrons. The van der Waals surface area contributed by atoms with Crippen LogP contribution in [0.1, 0.15) is 17.9 Å². The Morgan fingerprint density at radius 3 is 2.77 bits per heavy atom. The van der Waals surface area contributed by atoms with Crippen molar-refractivity contribution in [3.05, 3.63) is 45.5 Å². The zero-order valence-corrected chi connectivity index (χ0v) is 13.3. The van der Waals surface area contributed by atoms with E-state index < -0.39 is 5.97 Å². The summed E-state index contributed by atoms with van der Waals surface area (Å²) in [5.41, 5.74) is 1.28. The Bertz CT molecular complexity index is 664. The Morgan fingerprint density at radius 1 is 1.50 bits per heavy atom. The van der Waals surface area contributed by atoms with Crippen LogP contribution in [0.5, 0.6) is 0 Å². The maximum absolute atomic E-state index is 11.9. The lowest BCUT2D eigenvalue weighted by Gasteiger charge is -2.24. The van der Waals surface area contributed by atoms with Crippen LogP contribution < -0.4 is 5.32 Å². The monoisotopic (exact) mass is 336 g/mol. The second-order valence-corrected chi connectivity index (χ2v) is 6.00. The smallest absolute Gasteiger partial charge is 0.316 e. The highest BCUT2D eigenvalue weighted by Gasteiger charge is 2.29. The van der Waals surface area contributed by atoms with Gasteiger partial charge in [-0.05, 0) is 17.7 Å². The topological polar surface area (TPSA) is 79.2 Å². The first-order valence-corrected chi connectivity index (χ1v) is 7.80. The van der Waals surface area contributed by atoms with Gasteiger partial charge in [-0.3, -0.25) is 9.59 Å². The Morgan fingerprint density at radius 2 is 2.18 bits per heavy atom. The fourth-order valence-corrected chi connectivity index (χ4v) is 3.14. The van der Waals surface area contributed by atoms with Crippen LogP contribution in [0.4, 0.5) is 0 Å². The van der Waals surface area contributed by atoms with Crippen molar-refractivity contribution in [2.45, 2.75) is 12.3 Å². The van der Waals surface area contributed by atoms with Crippen LogP contribution in [0.25, 0.3) is 0 Å². The number of ether oxygens (including phenoxy) is 1.